The van der Waals surface area contributed by atoms with Crippen LogP contribution in [0.1, 0.15) is 34.1 Å². The summed E-state index contributed by atoms with van der Waals surface area (Å²) in [6, 6.07) is 0.428. The largest absolute Gasteiger partial charge is 0.367 e. The van der Waals surface area contributed by atoms with Crippen molar-refractivity contribution in [1.82, 2.24) is 9.71 Å². The van der Waals surface area contributed by atoms with Crippen molar-refractivity contribution in [1.29, 1.82) is 0 Å². The molecule has 5 heteroatoms. The molecule has 1 amide bonds. The summed E-state index contributed by atoms with van der Waals surface area (Å²) in [6.07, 6.45) is 0.958. The molecule has 0 aromatic carbocycles. The Balaban J connectivity index is 1.99. The average Bonchev–Trinajstić information content (AvgIpc) is 2.75. The summed E-state index contributed by atoms with van der Waals surface area (Å²) in [6.45, 7) is 8.54. The van der Waals surface area contributed by atoms with E-state index in [1.807, 2.05) is 16.8 Å². The van der Waals surface area contributed by atoms with Crippen LogP contribution in [0.2, 0.25) is 0 Å². The third-order valence-electron chi connectivity index (χ3n) is 5.79. The van der Waals surface area contributed by atoms with Gasteiger partial charge in [0.15, 0.2) is 7.98 Å². The molecule has 2 radical (unpaired) electrons. The van der Waals surface area contributed by atoms with E-state index in [4.69, 9.17) is 12.7 Å². The highest BCUT2D eigenvalue weighted by Gasteiger charge is 2.64. The Hall–Kier alpha value is -0.545. The minimum absolute atomic E-state index is 0.00333. The molecule has 104 valence electrons. The van der Waals surface area contributed by atoms with Gasteiger partial charge in [0.25, 0.3) is 0 Å². The minimum Gasteiger partial charge on any atom is -0.367 e. The number of hydrogen-bond donors (Lipinski definition) is 0. The highest BCUT2D eigenvalue weighted by atomic mass is 16.5. The van der Waals surface area contributed by atoms with E-state index in [-0.39, 0.29) is 41.7 Å². The molecule has 3 rings (SSSR count). The molecule has 0 N–H and O–H groups in total. The van der Waals surface area contributed by atoms with Gasteiger partial charge >= 0.3 is 0 Å². The molecular formula is C14H23BN2O2. The third kappa shape index (κ3) is 1.57. The zero-order chi connectivity index (χ0) is 14.1. The van der Waals surface area contributed by atoms with E-state index in [1.54, 1.807) is 0 Å². The number of likely N-dealkylation sites (tertiary alicyclic amines) is 1. The van der Waals surface area contributed by atoms with Crippen molar-refractivity contribution in [2.24, 2.45) is 11.8 Å². The Kier molecular flexibility index (Phi) is 2.82. The molecule has 3 saturated heterocycles. The highest BCUT2D eigenvalue weighted by Crippen LogP contribution is 2.50. The van der Waals surface area contributed by atoms with Crippen LogP contribution in [0.4, 0.5) is 0 Å². The lowest BCUT2D eigenvalue weighted by atomic mass is 9.72. The summed E-state index contributed by atoms with van der Waals surface area (Å²) >= 11 is 0. The van der Waals surface area contributed by atoms with Crippen LogP contribution in [0, 0.1) is 11.8 Å². The number of likely N-dealkylation sites (N-methyl/N-ethyl adjacent to an activating group) is 1. The quantitative estimate of drug-likeness (QED) is 0.605. The Labute approximate surface area is 116 Å². The lowest BCUT2D eigenvalue weighted by molar-refractivity contribution is -0.136. The van der Waals surface area contributed by atoms with Crippen molar-refractivity contribution in [2.45, 2.75) is 63.9 Å². The van der Waals surface area contributed by atoms with Crippen LogP contribution in [-0.4, -0.2) is 60.5 Å². The van der Waals surface area contributed by atoms with E-state index in [1.165, 1.54) is 0 Å². The lowest BCUT2D eigenvalue weighted by Gasteiger charge is -2.50. The Morgan fingerprint density at radius 3 is 2.58 bits per heavy atom. The number of rotatable bonds is 0. The van der Waals surface area contributed by atoms with E-state index in [9.17, 15) is 4.79 Å². The number of piperidine rings is 1. The summed E-state index contributed by atoms with van der Waals surface area (Å²) in [4.78, 5) is 16.2. The monoisotopic (exact) mass is 262 g/mol. The Morgan fingerprint density at radius 1 is 1.32 bits per heavy atom. The summed E-state index contributed by atoms with van der Waals surface area (Å²) in [7, 11) is 8.19. The van der Waals surface area contributed by atoms with Crippen molar-refractivity contribution in [3.05, 3.63) is 0 Å². The van der Waals surface area contributed by atoms with Crippen molar-refractivity contribution in [2.75, 3.05) is 7.05 Å². The number of hydrogen-bond acceptors (Lipinski definition) is 3. The second-order valence-corrected chi connectivity index (χ2v) is 6.92. The van der Waals surface area contributed by atoms with Gasteiger partial charge < -0.3 is 14.4 Å². The Morgan fingerprint density at radius 2 is 1.95 bits per heavy atom. The fourth-order valence-electron chi connectivity index (χ4n) is 4.37. The van der Waals surface area contributed by atoms with E-state index in [0.717, 1.165) is 6.42 Å². The van der Waals surface area contributed by atoms with Gasteiger partial charge in [0.1, 0.15) is 0 Å². The number of carbonyl (C=O) groups excluding carboxylic acids is 1. The number of amides is 1. The number of nitrogens with zero attached hydrogens (tertiary/aromatic N) is 2. The first-order chi connectivity index (χ1) is 8.78. The zero-order valence-electron chi connectivity index (χ0n) is 12.5. The van der Waals surface area contributed by atoms with Gasteiger partial charge in [-0.15, -0.1) is 0 Å². The maximum absolute atomic E-state index is 12.5. The third-order valence-corrected chi connectivity index (χ3v) is 5.79. The predicted octanol–water partition coefficient (Wildman–Crippen LogP) is 0.803. The minimum atomic E-state index is -0.290. The summed E-state index contributed by atoms with van der Waals surface area (Å²) in [5, 5.41) is 0. The van der Waals surface area contributed by atoms with E-state index >= 15 is 0 Å². The predicted molar refractivity (Wildman–Crippen MR) is 73.6 cm³/mol. The highest BCUT2D eigenvalue weighted by molar-refractivity contribution is 6.05. The number of fused-ring (bicyclic) bond motifs is 3. The van der Waals surface area contributed by atoms with Gasteiger partial charge in [-0.3, -0.25) is 4.79 Å². The molecule has 3 fully saturated rings. The molecular weight excluding hydrogens is 239 g/mol. The standard InChI is InChI=1S/C14H23BN2O2/c1-7-6-14(4)12(17(15)8(7)2)10-11(19-14)9(3)16(5)13(10)18/h7-12H,6H2,1-5H3. The van der Waals surface area contributed by atoms with Crippen molar-refractivity contribution < 1.29 is 9.53 Å². The van der Waals surface area contributed by atoms with E-state index in [0.29, 0.717) is 5.92 Å². The van der Waals surface area contributed by atoms with Crippen LogP contribution in [0.15, 0.2) is 0 Å². The first-order valence-electron chi connectivity index (χ1n) is 7.25. The smallest absolute Gasteiger partial charge is 0.230 e. The topological polar surface area (TPSA) is 32.8 Å². The molecule has 7 atom stereocenters. The number of ether oxygens (including phenoxy) is 1. The number of carbonyl (C=O) groups is 1. The van der Waals surface area contributed by atoms with Crippen LogP contribution < -0.4 is 0 Å². The zero-order valence-corrected chi connectivity index (χ0v) is 12.5. The molecule has 4 nitrogen and oxygen atoms in total. The molecule has 0 spiro atoms. The molecule has 0 saturated carbocycles. The summed E-state index contributed by atoms with van der Waals surface area (Å²) < 4.78 is 6.33. The molecule has 7 unspecified atom stereocenters. The molecule has 3 aliphatic heterocycles. The second kappa shape index (κ2) is 3.98. The summed E-state index contributed by atoms with van der Waals surface area (Å²) in [5.74, 6) is 0.557. The van der Waals surface area contributed by atoms with Crippen LogP contribution in [0.3, 0.4) is 0 Å². The van der Waals surface area contributed by atoms with E-state index < -0.39 is 0 Å². The van der Waals surface area contributed by atoms with Gasteiger partial charge in [-0.05, 0) is 32.2 Å². The van der Waals surface area contributed by atoms with Crippen LogP contribution in [-0.2, 0) is 9.53 Å². The molecule has 0 aromatic rings. The van der Waals surface area contributed by atoms with Gasteiger partial charge in [-0.25, -0.2) is 0 Å². The summed E-state index contributed by atoms with van der Waals surface area (Å²) in [5.41, 5.74) is -0.290. The van der Waals surface area contributed by atoms with Gasteiger partial charge in [0.2, 0.25) is 5.91 Å². The van der Waals surface area contributed by atoms with Crippen molar-refractivity contribution in [3.8, 4) is 0 Å². The van der Waals surface area contributed by atoms with Crippen LogP contribution in [0.5, 0.6) is 0 Å². The Bertz CT molecular complexity index is 418. The molecule has 0 bridgehead atoms. The first-order valence-corrected chi connectivity index (χ1v) is 7.25. The fraction of sp³-hybridized carbons (Fsp3) is 0.929. The fourth-order valence-corrected chi connectivity index (χ4v) is 4.37. The van der Waals surface area contributed by atoms with Gasteiger partial charge in [0.05, 0.1) is 23.7 Å². The average molecular weight is 262 g/mol. The maximum atomic E-state index is 12.5. The molecule has 0 aromatic heterocycles. The van der Waals surface area contributed by atoms with E-state index in [2.05, 4.69) is 27.7 Å². The normalized spacial score (nSPS) is 54.4. The van der Waals surface area contributed by atoms with Crippen molar-refractivity contribution in [3.63, 3.8) is 0 Å². The molecule has 3 heterocycles. The van der Waals surface area contributed by atoms with Crippen LogP contribution >= 0.6 is 0 Å². The maximum Gasteiger partial charge on any atom is 0.230 e. The first kappa shape index (κ1) is 13.4. The van der Waals surface area contributed by atoms with Gasteiger partial charge in [-0.1, -0.05) is 13.8 Å². The molecule has 19 heavy (non-hydrogen) atoms. The lowest BCUT2D eigenvalue weighted by Crippen LogP contribution is -2.61. The van der Waals surface area contributed by atoms with Crippen LogP contribution in [0.25, 0.3) is 0 Å². The van der Waals surface area contributed by atoms with Gasteiger partial charge in [-0.2, -0.15) is 0 Å². The van der Waals surface area contributed by atoms with Crippen molar-refractivity contribution >= 4 is 13.9 Å². The molecule has 0 aliphatic carbocycles. The molecule has 3 aliphatic rings. The van der Waals surface area contributed by atoms with Gasteiger partial charge in [0, 0.05) is 13.1 Å². The second-order valence-electron chi connectivity index (χ2n) is 6.92. The SMILES string of the molecule is [B]N1C(C)C(C)CC2(C)OC3C(C(=O)N(C)C3C)C12.